The second kappa shape index (κ2) is 5.98. The van der Waals surface area contributed by atoms with Crippen molar-refractivity contribution in [1.82, 2.24) is 14.7 Å². The lowest BCUT2D eigenvalue weighted by Crippen LogP contribution is -2.51. The van der Waals surface area contributed by atoms with Crippen LogP contribution in [0.2, 0.25) is 0 Å². The molecule has 0 saturated carbocycles. The number of carbonyl (C=O) groups excluding carboxylic acids is 1. The average Bonchev–Trinajstić information content (AvgIpc) is 3.16. The number of carboxylic acid groups (broad SMARTS) is 1. The first-order valence-electron chi connectivity index (χ1n) is 8.12. The molecule has 0 fully saturated rings. The van der Waals surface area contributed by atoms with Crippen LogP contribution in [-0.4, -0.2) is 44.3 Å². The van der Waals surface area contributed by atoms with Crippen molar-refractivity contribution in [3.8, 4) is 5.69 Å². The molecule has 1 aliphatic carbocycles. The smallest absolute Gasteiger partial charge is 0.329 e. The Morgan fingerprint density at radius 2 is 1.96 bits per heavy atom. The first kappa shape index (κ1) is 17.1. The second-order valence-electron chi connectivity index (χ2n) is 6.72. The van der Waals surface area contributed by atoms with Gasteiger partial charge in [0.1, 0.15) is 17.0 Å². The first-order chi connectivity index (χ1) is 11.7. The number of likely N-dealkylation sites (N-methyl/N-ethyl adjacent to an activating group) is 1. The van der Waals surface area contributed by atoms with Gasteiger partial charge in [-0.15, -0.1) is 0 Å². The molecule has 3 rings (SSSR count). The van der Waals surface area contributed by atoms with Crippen molar-refractivity contribution in [2.45, 2.75) is 38.6 Å². The van der Waals surface area contributed by atoms with Crippen LogP contribution >= 0.6 is 0 Å². The van der Waals surface area contributed by atoms with Crippen LogP contribution in [0.1, 0.15) is 42.0 Å². The number of fused-ring (bicyclic) bond motifs is 1. The van der Waals surface area contributed by atoms with E-state index < -0.39 is 23.2 Å². The highest BCUT2D eigenvalue weighted by Crippen LogP contribution is 2.30. The van der Waals surface area contributed by atoms with Crippen molar-refractivity contribution >= 4 is 11.9 Å². The summed E-state index contributed by atoms with van der Waals surface area (Å²) < 4.78 is 15.7. The van der Waals surface area contributed by atoms with Gasteiger partial charge in [0, 0.05) is 18.3 Å². The molecule has 0 saturated heterocycles. The molecular formula is C18H20FN3O3. The van der Waals surface area contributed by atoms with E-state index in [1.807, 2.05) is 0 Å². The molecule has 0 radical (unpaired) electrons. The molecule has 1 amide bonds. The summed E-state index contributed by atoms with van der Waals surface area (Å²) in [5.41, 5.74) is 0.716. The molecular weight excluding hydrogens is 325 g/mol. The molecule has 0 bridgehead atoms. The Balaban J connectivity index is 2.08. The third kappa shape index (κ3) is 2.69. The number of hydrogen-bond donors (Lipinski definition) is 1. The highest BCUT2D eigenvalue weighted by atomic mass is 19.1. The van der Waals surface area contributed by atoms with Gasteiger partial charge in [0.15, 0.2) is 5.69 Å². The van der Waals surface area contributed by atoms with Gasteiger partial charge in [0.2, 0.25) is 0 Å². The maximum absolute atomic E-state index is 14.2. The van der Waals surface area contributed by atoms with Crippen molar-refractivity contribution < 1.29 is 19.1 Å². The van der Waals surface area contributed by atoms with Gasteiger partial charge < -0.3 is 10.0 Å². The minimum Gasteiger partial charge on any atom is -0.480 e. The summed E-state index contributed by atoms with van der Waals surface area (Å²) in [4.78, 5) is 25.5. The monoisotopic (exact) mass is 345 g/mol. The summed E-state index contributed by atoms with van der Waals surface area (Å²) in [7, 11) is 1.44. The summed E-state index contributed by atoms with van der Waals surface area (Å²) >= 11 is 0. The molecule has 132 valence electrons. The predicted molar refractivity (Wildman–Crippen MR) is 89.4 cm³/mol. The quantitative estimate of drug-likeness (QED) is 0.923. The van der Waals surface area contributed by atoms with E-state index in [0.29, 0.717) is 18.5 Å². The third-order valence-electron chi connectivity index (χ3n) is 4.88. The standard InChI is InChI=1S/C18H20FN3O3/c1-18(2,17(24)25)21(3)16(23)15-11-7-6-10-13(11)22(20-15)14-9-5-4-8-12(14)19/h4-5,8-9H,6-7,10H2,1-3H3,(H,24,25). The number of aromatic nitrogens is 2. The number of hydrogen-bond acceptors (Lipinski definition) is 3. The zero-order chi connectivity index (χ0) is 18.4. The second-order valence-corrected chi connectivity index (χ2v) is 6.72. The molecule has 0 unspecified atom stereocenters. The molecule has 0 spiro atoms. The van der Waals surface area contributed by atoms with Crippen LogP contribution in [0.4, 0.5) is 4.39 Å². The number of nitrogens with zero attached hydrogens (tertiary/aromatic N) is 3. The number of carboxylic acids is 1. The average molecular weight is 345 g/mol. The lowest BCUT2D eigenvalue weighted by atomic mass is 10.0. The number of para-hydroxylation sites is 1. The van der Waals surface area contributed by atoms with Crippen LogP contribution in [0.25, 0.3) is 5.69 Å². The van der Waals surface area contributed by atoms with Crippen LogP contribution in [-0.2, 0) is 17.6 Å². The molecule has 25 heavy (non-hydrogen) atoms. The van der Waals surface area contributed by atoms with E-state index in [-0.39, 0.29) is 5.69 Å². The predicted octanol–water partition coefficient (Wildman–Crippen LogP) is 2.44. The SMILES string of the molecule is CN(C(=O)c1nn(-c2ccccc2F)c2c1CCC2)C(C)(C)C(=O)O. The number of amides is 1. The molecule has 1 aliphatic rings. The summed E-state index contributed by atoms with van der Waals surface area (Å²) in [5.74, 6) is -1.99. The molecule has 7 heteroatoms. The summed E-state index contributed by atoms with van der Waals surface area (Å²) in [5, 5.41) is 13.7. The summed E-state index contributed by atoms with van der Waals surface area (Å²) in [6.07, 6.45) is 2.23. The van der Waals surface area contributed by atoms with Crippen LogP contribution in [0.15, 0.2) is 24.3 Å². The van der Waals surface area contributed by atoms with Crippen LogP contribution in [0.3, 0.4) is 0 Å². The van der Waals surface area contributed by atoms with Gasteiger partial charge in [0.25, 0.3) is 5.91 Å². The normalized spacial score (nSPS) is 13.6. The van der Waals surface area contributed by atoms with E-state index in [9.17, 15) is 19.1 Å². The topological polar surface area (TPSA) is 75.4 Å². The van der Waals surface area contributed by atoms with Crippen molar-refractivity contribution in [1.29, 1.82) is 0 Å². The van der Waals surface area contributed by atoms with Gasteiger partial charge in [-0.1, -0.05) is 12.1 Å². The van der Waals surface area contributed by atoms with Gasteiger partial charge in [-0.2, -0.15) is 5.10 Å². The zero-order valence-electron chi connectivity index (χ0n) is 14.4. The Labute approximate surface area is 144 Å². The Hall–Kier alpha value is -2.70. The molecule has 1 N–H and O–H groups in total. The van der Waals surface area contributed by atoms with E-state index >= 15 is 0 Å². The fourth-order valence-corrected chi connectivity index (χ4v) is 2.99. The highest BCUT2D eigenvalue weighted by Gasteiger charge is 2.38. The maximum Gasteiger partial charge on any atom is 0.329 e. The number of aliphatic carboxylic acids is 1. The van der Waals surface area contributed by atoms with E-state index in [1.165, 1.54) is 36.5 Å². The lowest BCUT2D eigenvalue weighted by molar-refractivity contribution is -0.147. The lowest BCUT2D eigenvalue weighted by Gasteiger charge is -2.31. The van der Waals surface area contributed by atoms with Crippen LogP contribution in [0, 0.1) is 5.82 Å². The molecule has 6 nitrogen and oxygen atoms in total. The Bertz CT molecular complexity index is 857. The minimum absolute atomic E-state index is 0.201. The maximum atomic E-state index is 14.2. The highest BCUT2D eigenvalue weighted by molar-refractivity contribution is 5.97. The fourth-order valence-electron chi connectivity index (χ4n) is 2.99. The number of halogens is 1. The number of carbonyl (C=O) groups is 2. The van der Waals surface area contributed by atoms with Gasteiger partial charge >= 0.3 is 5.97 Å². The van der Waals surface area contributed by atoms with Crippen LogP contribution < -0.4 is 0 Å². The van der Waals surface area contributed by atoms with Crippen molar-refractivity contribution in [2.75, 3.05) is 7.05 Å². The molecule has 1 heterocycles. The number of benzene rings is 1. The fraction of sp³-hybridized carbons (Fsp3) is 0.389. The van der Waals surface area contributed by atoms with E-state index in [1.54, 1.807) is 18.2 Å². The Morgan fingerprint density at radius 3 is 2.60 bits per heavy atom. The van der Waals surface area contributed by atoms with Crippen LogP contribution in [0.5, 0.6) is 0 Å². The minimum atomic E-state index is -1.37. The molecule has 1 aromatic heterocycles. The van der Waals surface area contributed by atoms with Crippen molar-refractivity contribution in [3.63, 3.8) is 0 Å². The van der Waals surface area contributed by atoms with Gasteiger partial charge in [-0.05, 0) is 45.2 Å². The van der Waals surface area contributed by atoms with Crippen molar-refractivity contribution in [3.05, 3.63) is 47.0 Å². The largest absolute Gasteiger partial charge is 0.480 e. The zero-order valence-corrected chi connectivity index (χ0v) is 14.4. The van der Waals surface area contributed by atoms with E-state index in [2.05, 4.69) is 5.10 Å². The summed E-state index contributed by atoms with van der Waals surface area (Å²) in [6, 6.07) is 6.26. The first-order valence-corrected chi connectivity index (χ1v) is 8.12. The molecule has 2 aromatic rings. The van der Waals surface area contributed by atoms with Gasteiger partial charge in [0.05, 0.1) is 0 Å². The molecule has 0 aliphatic heterocycles. The Morgan fingerprint density at radius 1 is 1.28 bits per heavy atom. The summed E-state index contributed by atoms with van der Waals surface area (Å²) in [6.45, 7) is 2.92. The molecule has 0 atom stereocenters. The molecule has 1 aromatic carbocycles. The van der Waals surface area contributed by atoms with Gasteiger partial charge in [-0.3, -0.25) is 4.79 Å². The van der Waals surface area contributed by atoms with E-state index in [4.69, 9.17) is 0 Å². The Kier molecular flexibility index (Phi) is 4.10. The third-order valence-corrected chi connectivity index (χ3v) is 4.88. The van der Waals surface area contributed by atoms with Gasteiger partial charge in [-0.25, -0.2) is 13.9 Å². The van der Waals surface area contributed by atoms with E-state index in [0.717, 1.165) is 17.7 Å². The van der Waals surface area contributed by atoms with Crippen molar-refractivity contribution in [2.24, 2.45) is 0 Å². The number of rotatable bonds is 4.